The van der Waals surface area contributed by atoms with Gasteiger partial charge in [-0.25, -0.2) is 0 Å². The predicted molar refractivity (Wildman–Crippen MR) is 114 cm³/mol. The van der Waals surface area contributed by atoms with E-state index < -0.39 is 36.9 Å². The first-order valence-electron chi connectivity index (χ1n) is 11.0. The summed E-state index contributed by atoms with van der Waals surface area (Å²) in [4.78, 5) is 15.9. The molecule has 0 bridgehead atoms. The molecule has 2 aliphatic heterocycles. The molecule has 2 heterocycles. The molecule has 1 amide bonds. The molecular formula is C24H25F5N2O3. The third-order valence-electron chi connectivity index (χ3n) is 6.20. The number of para-hydroxylation sites is 1. The summed E-state index contributed by atoms with van der Waals surface area (Å²) in [5.74, 6) is -0.675. The van der Waals surface area contributed by atoms with E-state index in [1.54, 1.807) is 6.07 Å². The lowest BCUT2D eigenvalue weighted by Crippen LogP contribution is -2.59. The Balaban J connectivity index is 1.49. The fourth-order valence-corrected chi connectivity index (χ4v) is 4.70. The van der Waals surface area contributed by atoms with Crippen LogP contribution in [0.25, 0.3) is 0 Å². The summed E-state index contributed by atoms with van der Waals surface area (Å²) in [5.41, 5.74) is -0.0331. The number of hydrogen-bond acceptors (Lipinski definition) is 4. The highest BCUT2D eigenvalue weighted by molar-refractivity contribution is 5.97. The number of benzene rings is 2. The molecule has 0 aromatic heterocycles. The average molecular weight is 484 g/mol. The van der Waals surface area contributed by atoms with Crippen molar-refractivity contribution in [2.75, 3.05) is 32.7 Å². The van der Waals surface area contributed by atoms with Crippen molar-refractivity contribution in [1.82, 2.24) is 9.80 Å². The number of nitrogens with zero attached hydrogens (tertiary/aromatic N) is 2. The number of piperidine rings is 1. The van der Waals surface area contributed by atoms with Gasteiger partial charge in [0, 0.05) is 26.2 Å². The van der Waals surface area contributed by atoms with Gasteiger partial charge in [-0.1, -0.05) is 42.5 Å². The van der Waals surface area contributed by atoms with Crippen molar-refractivity contribution in [3.8, 4) is 5.75 Å². The van der Waals surface area contributed by atoms with E-state index >= 15 is 0 Å². The maximum absolute atomic E-state index is 13.2. The molecule has 0 N–H and O–H groups in total. The van der Waals surface area contributed by atoms with E-state index in [1.807, 2.05) is 30.3 Å². The Morgan fingerprint density at radius 3 is 2.35 bits per heavy atom. The number of halogens is 5. The second kappa shape index (κ2) is 9.87. The number of rotatable bonds is 5. The Morgan fingerprint density at radius 2 is 1.71 bits per heavy atom. The maximum atomic E-state index is 13.2. The predicted octanol–water partition coefficient (Wildman–Crippen LogP) is 4.90. The van der Waals surface area contributed by atoms with Crippen molar-refractivity contribution in [2.45, 2.75) is 37.3 Å². The molecule has 10 heteroatoms. The van der Waals surface area contributed by atoms with Crippen LogP contribution in [0.3, 0.4) is 0 Å². The van der Waals surface area contributed by atoms with Gasteiger partial charge in [0.15, 0.2) is 0 Å². The average Bonchev–Trinajstić information content (AvgIpc) is 2.78. The van der Waals surface area contributed by atoms with E-state index in [0.29, 0.717) is 12.8 Å². The Hall–Kier alpha value is -2.72. The van der Waals surface area contributed by atoms with E-state index in [0.717, 1.165) is 5.56 Å². The van der Waals surface area contributed by atoms with Crippen LogP contribution in [0.1, 0.15) is 34.9 Å². The Bertz CT molecular complexity index is 978. The Kier molecular flexibility index (Phi) is 7.09. The number of carbonyl (C=O) groups excluding carboxylic acids is 1. The number of hydrogen-bond donors (Lipinski definition) is 0. The lowest BCUT2D eigenvalue weighted by molar-refractivity contribution is -0.205. The molecule has 184 valence electrons. The highest BCUT2D eigenvalue weighted by Gasteiger charge is 2.46. The second-order valence-corrected chi connectivity index (χ2v) is 8.65. The molecule has 2 aromatic carbocycles. The molecule has 1 unspecified atom stereocenters. The molecule has 2 aromatic rings. The van der Waals surface area contributed by atoms with Crippen LogP contribution in [0.15, 0.2) is 54.6 Å². The van der Waals surface area contributed by atoms with E-state index in [-0.39, 0.29) is 37.5 Å². The van der Waals surface area contributed by atoms with Gasteiger partial charge in [0.2, 0.25) is 0 Å². The van der Waals surface area contributed by atoms with E-state index in [4.69, 9.17) is 4.74 Å². The SMILES string of the molecule is O=C(c1ccccc1OC(F)F)N1CCC2(CC1)CN(CC(F)(F)F)CC(c1ccccc1)O2. The first-order valence-corrected chi connectivity index (χ1v) is 11.0. The number of ether oxygens (including phenoxy) is 2. The van der Waals surface area contributed by atoms with Crippen LogP contribution in [-0.4, -0.2) is 66.8 Å². The first-order chi connectivity index (χ1) is 16.1. The van der Waals surface area contributed by atoms with Gasteiger partial charge in [-0.3, -0.25) is 9.69 Å². The minimum atomic E-state index is -4.34. The summed E-state index contributed by atoms with van der Waals surface area (Å²) in [6.45, 7) is -3.44. The topological polar surface area (TPSA) is 42.0 Å². The smallest absolute Gasteiger partial charge is 0.401 e. The van der Waals surface area contributed by atoms with Gasteiger partial charge in [0.05, 0.1) is 23.8 Å². The van der Waals surface area contributed by atoms with Crippen LogP contribution in [0.2, 0.25) is 0 Å². The van der Waals surface area contributed by atoms with Gasteiger partial charge in [-0.15, -0.1) is 0 Å². The summed E-state index contributed by atoms with van der Waals surface area (Å²) in [6, 6.07) is 14.9. The van der Waals surface area contributed by atoms with Crippen molar-refractivity contribution in [3.05, 3.63) is 65.7 Å². The van der Waals surface area contributed by atoms with Crippen LogP contribution in [0, 0.1) is 0 Å². The minimum absolute atomic E-state index is 0.0178. The van der Waals surface area contributed by atoms with Crippen molar-refractivity contribution >= 4 is 5.91 Å². The number of alkyl halides is 5. The molecule has 0 radical (unpaired) electrons. The van der Waals surface area contributed by atoms with Crippen molar-refractivity contribution in [2.24, 2.45) is 0 Å². The molecule has 5 nitrogen and oxygen atoms in total. The quantitative estimate of drug-likeness (QED) is 0.567. The summed E-state index contributed by atoms with van der Waals surface area (Å²) >= 11 is 0. The van der Waals surface area contributed by atoms with E-state index in [9.17, 15) is 26.7 Å². The number of likely N-dealkylation sites (tertiary alicyclic amines) is 1. The standard InChI is InChI=1S/C24H25F5N2O3/c25-22(26)33-19-9-5-4-8-18(19)21(32)31-12-10-23(11-13-31)15-30(16-24(27,28)29)14-20(34-23)17-6-2-1-3-7-17/h1-9,20,22H,10-16H2. The van der Waals surface area contributed by atoms with Gasteiger partial charge in [0.1, 0.15) is 5.75 Å². The number of morpholine rings is 1. The third-order valence-corrected chi connectivity index (χ3v) is 6.20. The summed E-state index contributed by atoms with van der Waals surface area (Å²) in [5, 5.41) is 0. The molecule has 1 spiro atoms. The molecule has 0 aliphatic carbocycles. The highest BCUT2D eigenvalue weighted by Crippen LogP contribution is 2.39. The Morgan fingerprint density at radius 1 is 1.06 bits per heavy atom. The van der Waals surface area contributed by atoms with Crippen LogP contribution < -0.4 is 4.74 Å². The highest BCUT2D eigenvalue weighted by atomic mass is 19.4. The van der Waals surface area contributed by atoms with Gasteiger partial charge in [0.25, 0.3) is 5.91 Å². The molecule has 2 saturated heterocycles. The normalized spacial score (nSPS) is 21.1. The maximum Gasteiger partial charge on any atom is 0.401 e. The molecule has 0 saturated carbocycles. The fourth-order valence-electron chi connectivity index (χ4n) is 4.70. The van der Waals surface area contributed by atoms with Gasteiger partial charge in [-0.2, -0.15) is 22.0 Å². The first kappa shape index (κ1) is 24.4. The van der Waals surface area contributed by atoms with Crippen LogP contribution in [0.5, 0.6) is 5.75 Å². The Labute approximate surface area is 194 Å². The third kappa shape index (κ3) is 5.85. The molecule has 34 heavy (non-hydrogen) atoms. The largest absolute Gasteiger partial charge is 0.434 e. The molecule has 1 atom stereocenters. The van der Waals surface area contributed by atoms with Crippen LogP contribution >= 0.6 is 0 Å². The lowest BCUT2D eigenvalue weighted by atomic mass is 9.87. The fraction of sp³-hybridized carbons (Fsp3) is 0.458. The molecule has 2 fully saturated rings. The van der Waals surface area contributed by atoms with Crippen LogP contribution in [-0.2, 0) is 4.74 Å². The summed E-state index contributed by atoms with van der Waals surface area (Å²) < 4.78 is 75.9. The zero-order valence-corrected chi connectivity index (χ0v) is 18.3. The molecular weight excluding hydrogens is 459 g/mol. The summed E-state index contributed by atoms with van der Waals surface area (Å²) in [7, 11) is 0. The van der Waals surface area contributed by atoms with Crippen molar-refractivity contribution in [3.63, 3.8) is 0 Å². The van der Waals surface area contributed by atoms with Crippen molar-refractivity contribution in [1.29, 1.82) is 0 Å². The van der Waals surface area contributed by atoms with Crippen molar-refractivity contribution < 1.29 is 36.2 Å². The number of carbonyl (C=O) groups is 1. The van der Waals surface area contributed by atoms with Gasteiger partial charge < -0.3 is 14.4 Å². The van der Waals surface area contributed by atoms with Gasteiger partial charge in [-0.05, 0) is 30.5 Å². The molecule has 2 aliphatic rings. The molecule has 4 rings (SSSR count). The lowest BCUT2D eigenvalue weighted by Gasteiger charge is -2.50. The second-order valence-electron chi connectivity index (χ2n) is 8.65. The monoisotopic (exact) mass is 484 g/mol. The van der Waals surface area contributed by atoms with E-state index in [2.05, 4.69) is 4.74 Å². The zero-order valence-electron chi connectivity index (χ0n) is 18.3. The zero-order chi connectivity index (χ0) is 24.3. The van der Waals surface area contributed by atoms with E-state index in [1.165, 1.54) is 28.0 Å². The summed E-state index contributed by atoms with van der Waals surface area (Å²) in [6.07, 6.45) is -4.22. The van der Waals surface area contributed by atoms with Gasteiger partial charge >= 0.3 is 12.8 Å². The number of amides is 1. The van der Waals surface area contributed by atoms with Crippen LogP contribution in [0.4, 0.5) is 22.0 Å². The minimum Gasteiger partial charge on any atom is -0.434 e.